The van der Waals surface area contributed by atoms with Gasteiger partial charge in [0, 0.05) is 10.4 Å². The van der Waals surface area contributed by atoms with Gasteiger partial charge in [-0.25, -0.2) is 4.39 Å². The van der Waals surface area contributed by atoms with E-state index in [0.717, 1.165) is 16.0 Å². The van der Waals surface area contributed by atoms with Crippen molar-refractivity contribution < 1.29 is 18.8 Å². The molecule has 1 heterocycles. The fourth-order valence-electron chi connectivity index (χ4n) is 2.51. The lowest BCUT2D eigenvalue weighted by atomic mass is 10.1. The Hall–Kier alpha value is -3.52. The van der Waals surface area contributed by atoms with Crippen LogP contribution in [0.3, 0.4) is 0 Å². The molecule has 148 valence electrons. The second-order valence-corrected chi connectivity index (χ2v) is 7.31. The van der Waals surface area contributed by atoms with Crippen LogP contribution in [0.15, 0.2) is 60.7 Å². The average Bonchev–Trinajstić information content (AvgIpc) is 3.21. The molecule has 0 aliphatic rings. The molecular formula is C21H18FN3O3S. The highest BCUT2D eigenvalue weighted by Crippen LogP contribution is 2.28. The Morgan fingerprint density at radius 1 is 0.931 bits per heavy atom. The van der Waals surface area contributed by atoms with Crippen molar-refractivity contribution in [3.8, 4) is 10.4 Å². The first-order valence-corrected chi connectivity index (χ1v) is 9.54. The molecule has 0 radical (unpaired) electrons. The van der Waals surface area contributed by atoms with E-state index in [1.165, 1.54) is 23.5 Å². The van der Waals surface area contributed by atoms with Gasteiger partial charge in [-0.15, -0.1) is 11.3 Å². The Balaban J connectivity index is 1.48. The number of benzene rings is 2. The molecule has 1 aromatic heterocycles. The Bertz CT molecular complexity index is 1050. The van der Waals surface area contributed by atoms with Crippen molar-refractivity contribution in [2.75, 3.05) is 6.54 Å². The zero-order valence-corrected chi connectivity index (χ0v) is 16.3. The Morgan fingerprint density at radius 3 is 2.41 bits per heavy atom. The van der Waals surface area contributed by atoms with E-state index in [1.54, 1.807) is 42.5 Å². The summed E-state index contributed by atoms with van der Waals surface area (Å²) in [6.07, 6.45) is 0. The summed E-state index contributed by atoms with van der Waals surface area (Å²) in [6, 6.07) is 16.3. The molecule has 0 aliphatic heterocycles. The van der Waals surface area contributed by atoms with Gasteiger partial charge >= 0.3 is 0 Å². The summed E-state index contributed by atoms with van der Waals surface area (Å²) in [4.78, 5) is 37.2. The Kier molecular flexibility index (Phi) is 6.36. The number of hydrogen-bond donors (Lipinski definition) is 3. The van der Waals surface area contributed by atoms with Gasteiger partial charge in [-0.2, -0.15) is 0 Å². The molecule has 0 saturated carbocycles. The first-order valence-electron chi connectivity index (χ1n) is 8.72. The van der Waals surface area contributed by atoms with Gasteiger partial charge in [0.25, 0.3) is 17.7 Å². The van der Waals surface area contributed by atoms with Crippen LogP contribution in [0.4, 0.5) is 4.39 Å². The molecule has 3 amide bonds. The lowest BCUT2D eigenvalue weighted by Crippen LogP contribution is -2.46. The highest BCUT2D eigenvalue weighted by Gasteiger charge is 2.12. The van der Waals surface area contributed by atoms with Gasteiger partial charge in [-0.3, -0.25) is 25.2 Å². The SMILES string of the molecule is Cc1cccc(C(=O)NCC(=O)NNC(=O)c2ccc(-c3ccc(F)cc3)s2)c1. The number of carbonyl (C=O) groups excluding carboxylic acids is 3. The maximum Gasteiger partial charge on any atom is 0.279 e. The number of nitrogens with one attached hydrogen (secondary N) is 3. The number of hydrogen-bond acceptors (Lipinski definition) is 4. The van der Waals surface area contributed by atoms with Crippen LogP contribution in [-0.2, 0) is 4.79 Å². The molecule has 8 heteroatoms. The van der Waals surface area contributed by atoms with E-state index >= 15 is 0 Å². The molecule has 29 heavy (non-hydrogen) atoms. The van der Waals surface area contributed by atoms with Gasteiger partial charge in [0.1, 0.15) is 5.82 Å². The van der Waals surface area contributed by atoms with E-state index in [1.807, 2.05) is 13.0 Å². The predicted octanol–water partition coefficient (Wildman–Crippen LogP) is 3.05. The van der Waals surface area contributed by atoms with Crippen LogP contribution in [0.5, 0.6) is 0 Å². The standard InChI is InChI=1S/C21H18FN3O3S/c1-13-3-2-4-15(11-13)20(27)23-12-19(26)24-25-21(28)18-10-9-17(29-18)14-5-7-16(22)8-6-14/h2-11H,12H2,1H3,(H,23,27)(H,24,26)(H,25,28). The fraction of sp³-hybridized carbons (Fsp3) is 0.0952. The molecule has 3 aromatic rings. The summed E-state index contributed by atoms with van der Waals surface area (Å²) in [7, 11) is 0. The fourth-order valence-corrected chi connectivity index (χ4v) is 3.42. The lowest BCUT2D eigenvalue weighted by Gasteiger charge is -2.08. The van der Waals surface area contributed by atoms with Gasteiger partial charge in [0.2, 0.25) is 0 Å². The third-order valence-corrected chi connectivity index (χ3v) is 5.10. The van der Waals surface area contributed by atoms with Crippen molar-refractivity contribution >= 4 is 29.1 Å². The van der Waals surface area contributed by atoms with E-state index in [-0.39, 0.29) is 18.3 Å². The summed E-state index contributed by atoms with van der Waals surface area (Å²) in [5.74, 6) is -1.76. The molecule has 0 spiro atoms. The van der Waals surface area contributed by atoms with E-state index in [9.17, 15) is 18.8 Å². The lowest BCUT2D eigenvalue weighted by molar-refractivity contribution is -0.120. The second-order valence-electron chi connectivity index (χ2n) is 6.23. The quantitative estimate of drug-likeness (QED) is 0.564. The van der Waals surface area contributed by atoms with Crippen LogP contribution < -0.4 is 16.2 Å². The van der Waals surface area contributed by atoms with E-state index < -0.39 is 11.8 Å². The number of halogens is 1. The molecule has 3 rings (SSSR count). The van der Waals surface area contributed by atoms with Crippen LogP contribution in [0.25, 0.3) is 10.4 Å². The van der Waals surface area contributed by atoms with E-state index in [2.05, 4.69) is 16.2 Å². The van der Waals surface area contributed by atoms with Crippen LogP contribution in [0.1, 0.15) is 25.6 Å². The summed E-state index contributed by atoms with van der Waals surface area (Å²) >= 11 is 1.21. The van der Waals surface area contributed by atoms with Crippen molar-refractivity contribution in [3.63, 3.8) is 0 Å². The Morgan fingerprint density at radius 2 is 1.69 bits per heavy atom. The highest BCUT2D eigenvalue weighted by atomic mass is 32.1. The maximum absolute atomic E-state index is 13.0. The topological polar surface area (TPSA) is 87.3 Å². The van der Waals surface area contributed by atoms with Crippen molar-refractivity contribution in [1.82, 2.24) is 16.2 Å². The van der Waals surface area contributed by atoms with Crippen molar-refractivity contribution in [2.24, 2.45) is 0 Å². The van der Waals surface area contributed by atoms with Crippen LogP contribution in [-0.4, -0.2) is 24.3 Å². The van der Waals surface area contributed by atoms with Gasteiger partial charge in [-0.1, -0.05) is 29.8 Å². The maximum atomic E-state index is 13.0. The van der Waals surface area contributed by atoms with Gasteiger partial charge in [-0.05, 0) is 48.9 Å². The molecule has 0 atom stereocenters. The van der Waals surface area contributed by atoms with Crippen molar-refractivity contribution in [2.45, 2.75) is 6.92 Å². The third kappa shape index (κ3) is 5.49. The summed E-state index contributed by atoms with van der Waals surface area (Å²) in [5, 5.41) is 2.49. The molecule has 0 bridgehead atoms. The normalized spacial score (nSPS) is 10.3. The largest absolute Gasteiger partial charge is 0.343 e. The summed E-state index contributed by atoms with van der Waals surface area (Å²) in [6.45, 7) is 1.59. The number of thiophene rings is 1. The van der Waals surface area contributed by atoms with Gasteiger partial charge in [0.15, 0.2) is 0 Å². The van der Waals surface area contributed by atoms with Crippen LogP contribution in [0, 0.1) is 12.7 Å². The number of carbonyl (C=O) groups is 3. The van der Waals surface area contributed by atoms with Crippen molar-refractivity contribution in [3.05, 3.63) is 82.5 Å². The number of hydrazine groups is 1. The predicted molar refractivity (Wildman–Crippen MR) is 109 cm³/mol. The number of amides is 3. The minimum atomic E-state index is -0.560. The molecule has 3 N–H and O–H groups in total. The van der Waals surface area contributed by atoms with Gasteiger partial charge < -0.3 is 5.32 Å². The smallest absolute Gasteiger partial charge is 0.279 e. The molecule has 0 saturated heterocycles. The summed E-state index contributed by atoms with van der Waals surface area (Å²) < 4.78 is 13.0. The monoisotopic (exact) mass is 411 g/mol. The zero-order chi connectivity index (χ0) is 20.8. The number of aryl methyl sites for hydroxylation is 1. The summed E-state index contributed by atoms with van der Waals surface area (Å²) in [5.41, 5.74) is 6.74. The van der Waals surface area contributed by atoms with Crippen molar-refractivity contribution in [1.29, 1.82) is 0 Å². The first kappa shape index (κ1) is 20.2. The van der Waals surface area contributed by atoms with Crippen LogP contribution >= 0.6 is 11.3 Å². The zero-order valence-electron chi connectivity index (χ0n) is 15.5. The van der Waals surface area contributed by atoms with Gasteiger partial charge in [0.05, 0.1) is 11.4 Å². The highest BCUT2D eigenvalue weighted by molar-refractivity contribution is 7.17. The second kappa shape index (κ2) is 9.11. The minimum absolute atomic E-state index is 0.279. The minimum Gasteiger partial charge on any atom is -0.343 e. The molecule has 0 fully saturated rings. The first-order chi connectivity index (χ1) is 13.9. The average molecular weight is 411 g/mol. The molecular weight excluding hydrogens is 393 g/mol. The number of rotatable bonds is 5. The molecule has 2 aromatic carbocycles. The third-order valence-electron chi connectivity index (χ3n) is 3.96. The van der Waals surface area contributed by atoms with E-state index in [4.69, 9.17) is 0 Å². The Labute approximate surface area is 170 Å². The molecule has 0 aliphatic carbocycles. The molecule has 6 nitrogen and oxygen atoms in total. The van der Waals surface area contributed by atoms with Crippen LogP contribution in [0.2, 0.25) is 0 Å². The molecule has 0 unspecified atom stereocenters. The van der Waals surface area contributed by atoms with E-state index in [0.29, 0.717) is 10.4 Å².